The number of nitrogens with zero attached hydrogens (tertiary/aromatic N) is 3. The molecule has 116 valence electrons. The largest absolute Gasteiger partial charge is 0.434 e. The normalized spacial score (nSPS) is 18.3. The number of halogens is 1. The standard InChI is InChI=1S/C16H19FN4O/c1-11-5-4-8-21(9-11)15-14(18)16(20-10-19-15)22-13-7-3-2-6-12(13)17/h2-3,6-7,10-11H,4-5,8-9,18H2,1H3. The lowest BCUT2D eigenvalue weighted by Crippen LogP contribution is -2.35. The highest BCUT2D eigenvalue weighted by atomic mass is 19.1. The highest BCUT2D eigenvalue weighted by molar-refractivity contribution is 5.68. The van der Waals surface area contributed by atoms with Crippen LogP contribution in [0.5, 0.6) is 11.6 Å². The van der Waals surface area contributed by atoms with Gasteiger partial charge in [-0.25, -0.2) is 9.37 Å². The zero-order chi connectivity index (χ0) is 15.5. The maximum absolute atomic E-state index is 13.7. The van der Waals surface area contributed by atoms with E-state index < -0.39 is 5.82 Å². The van der Waals surface area contributed by atoms with Crippen molar-refractivity contribution in [1.29, 1.82) is 0 Å². The van der Waals surface area contributed by atoms with Crippen molar-refractivity contribution in [2.45, 2.75) is 19.8 Å². The smallest absolute Gasteiger partial charge is 0.248 e. The molecule has 6 heteroatoms. The van der Waals surface area contributed by atoms with Gasteiger partial charge in [-0.3, -0.25) is 0 Å². The Labute approximate surface area is 128 Å². The monoisotopic (exact) mass is 302 g/mol. The third-order valence-corrected chi connectivity index (χ3v) is 3.83. The first-order valence-corrected chi connectivity index (χ1v) is 7.43. The first-order valence-electron chi connectivity index (χ1n) is 7.43. The van der Waals surface area contributed by atoms with Crippen LogP contribution in [0.2, 0.25) is 0 Å². The Morgan fingerprint density at radius 3 is 2.91 bits per heavy atom. The van der Waals surface area contributed by atoms with Gasteiger partial charge < -0.3 is 15.4 Å². The van der Waals surface area contributed by atoms with Gasteiger partial charge in [0.2, 0.25) is 5.88 Å². The summed E-state index contributed by atoms with van der Waals surface area (Å²) in [5.41, 5.74) is 6.49. The summed E-state index contributed by atoms with van der Waals surface area (Å²) in [6.07, 6.45) is 3.72. The molecule has 22 heavy (non-hydrogen) atoms. The number of benzene rings is 1. The maximum atomic E-state index is 13.7. The topological polar surface area (TPSA) is 64.3 Å². The van der Waals surface area contributed by atoms with Crippen LogP contribution in [-0.2, 0) is 0 Å². The molecule has 1 aliphatic heterocycles. The molecular weight excluding hydrogens is 283 g/mol. The van der Waals surface area contributed by atoms with Gasteiger partial charge in [0.05, 0.1) is 0 Å². The molecule has 0 aliphatic carbocycles. The van der Waals surface area contributed by atoms with Crippen LogP contribution in [0.1, 0.15) is 19.8 Å². The third kappa shape index (κ3) is 2.95. The summed E-state index contributed by atoms with van der Waals surface area (Å²) in [5.74, 6) is 1.10. The quantitative estimate of drug-likeness (QED) is 0.943. The van der Waals surface area contributed by atoms with Gasteiger partial charge >= 0.3 is 0 Å². The minimum atomic E-state index is -0.450. The summed E-state index contributed by atoms with van der Waals surface area (Å²) < 4.78 is 19.2. The van der Waals surface area contributed by atoms with E-state index in [1.165, 1.54) is 18.8 Å². The molecule has 1 aliphatic rings. The molecule has 3 rings (SSSR count). The lowest BCUT2D eigenvalue weighted by molar-refractivity contribution is 0.425. The second-order valence-corrected chi connectivity index (χ2v) is 5.64. The van der Waals surface area contributed by atoms with Gasteiger partial charge in [0, 0.05) is 13.1 Å². The van der Waals surface area contributed by atoms with Crippen molar-refractivity contribution in [3.63, 3.8) is 0 Å². The SMILES string of the molecule is CC1CCCN(c2ncnc(Oc3ccccc3F)c2N)C1. The zero-order valence-corrected chi connectivity index (χ0v) is 12.5. The van der Waals surface area contributed by atoms with Gasteiger partial charge in [-0.1, -0.05) is 19.1 Å². The Kier molecular flexibility index (Phi) is 4.09. The Bertz CT molecular complexity index is 664. The number of hydrogen-bond donors (Lipinski definition) is 1. The minimum Gasteiger partial charge on any atom is -0.434 e. The molecule has 5 nitrogen and oxygen atoms in total. The molecular formula is C16H19FN4O. The minimum absolute atomic E-state index is 0.103. The van der Waals surface area contributed by atoms with Crippen molar-refractivity contribution >= 4 is 11.5 Å². The predicted octanol–water partition coefficient (Wildman–Crippen LogP) is 3.23. The van der Waals surface area contributed by atoms with Gasteiger partial charge in [0.1, 0.15) is 12.0 Å². The van der Waals surface area contributed by atoms with E-state index in [9.17, 15) is 4.39 Å². The molecule has 1 atom stereocenters. The molecule has 1 aromatic heterocycles. The summed E-state index contributed by atoms with van der Waals surface area (Å²) in [5, 5.41) is 0. The fourth-order valence-corrected chi connectivity index (χ4v) is 2.72. The van der Waals surface area contributed by atoms with Crippen molar-refractivity contribution in [2.75, 3.05) is 23.7 Å². The van der Waals surface area contributed by atoms with Crippen molar-refractivity contribution < 1.29 is 9.13 Å². The third-order valence-electron chi connectivity index (χ3n) is 3.83. The summed E-state index contributed by atoms with van der Waals surface area (Å²) in [4.78, 5) is 10.5. The molecule has 0 saturated carbocycles. The van der Waals surface area contributed by atoms with Crippen LogP contribution in [0.3, 0.4) is 0 Å². The van der Waals surface area contributed by atoms with E-state index in [0.717, 1.165) is 19.5 Å². The van der Waals surface area contributed by atoms with Crippen molar-refractivity contribution in [3.8, 4) is 11.6 Å². The first kappa shape index (κ1) is 14.6. The van der Waals surface area contributed by atoms with E-state index in [4.69, 9.17) is 10.5 Å². The molecule has 2 heterocycles. The number of nitrogens with two attached hydrogens (primary N) is 1. The molecule has 0 radical (unpaired) electrons. The van der Waals surface area contributed by atoms with Crippen LogP contribution in [0.15, 0.2) is 30.6 Å². The average Bonchev–Trinajstić information content (AvgIpc) is 2.51. The summed E-state index contributed by atoms with van der Waals surface area (Å²) in [6.45, 7) is 4.02. The fraction of sp³-hybridized carbons (Fsp3) is 0.375. The first-order chi connectivity index (χ1) is 10.6. The second-order valence-electron chi connectivity index (χ2n) is 5.64. The van der Waals surface area contributed by atoms with Crippen molar-refractivity contribution in [2.24, 2.45) is 5.92 Å². The van der Waals surface area contributed by atoms with E-state index >= 15 is 0 Å². The predicted molar refractivity (Wildman–Crippen MR) is 83.5 cm³/mol. The molecule has 0 bridgehead atoms. The number of ether oxygens (including phenoxy) is 1. The molecule has 1 aromatic carbocycles. The van der Waals surface area contributed by atoms with E-state index in [1.807, 2.05) is 0 Å². The number of piperidine rings is 1. The number of anilines is 2. The number of para-hydroxylation sites is 1. The van der Waals surface area contributed by atoms with Gasteiger partial charge in [-0.05, 0) is 30.9 Å². The van der Waals surface area contributed by atoms with E-state index in [0.29, 0.717) is 17.4 Å². The second kappa shape index (κ2) is 6.17. The maximum Gasteiger partial charge on any atom is 0.248 e. The van der Waals surface area contributed by atoms with Crippen LogP contribution in [0.25, 0.3) is 0 Å². The lowest BCUT2D eigenvalue weighted by Gasteiger charge is -2.32. The highest BCUT2D eigenvalue weighted by Crippen LogP contribution is 2.33. The Morgan fingerprint density at radius 2 is 2.14 bits per heavy atom. The van der Waals surface area contributed by atoms with Crippen LogP contribution in [0, 0.1) is 11.7 Å². The Hall–Kier alpha value is -2.37. The van der Waals surface area contributed by atoms with Gasteiger partial charge in [0.25, 0.3) is 0 Å². The van der Waals surface area contributed by atoms with Crippen LogP contribution in [-0.4, -0.2) is 23.1 Å². The van der Waals surface area contributed by atoms with E-state index in [1.54, 1.807) is 18.2 Å². The molecule has 1 unspecified atom stereocenters. The molecule has 1 saturated heterocycles. The van der Waals surface area contributed by atoms with Gasteiger partial charge in [-0.2, -0.15) is 4.98 Å². The molecule has 0 spiro atoms. The summed E-state index contributed by atoms with van der Waals surface area (Å²) >= 11 is 0. The zero-order valence-electron chi connectivity index (χ0n) is 12.5. The number of rotatable bonds is 3. The van der Waals surface area contributed by atoms with Crippen LogP contribution >= 0.6 is 0 Å². The number of hydrogen-bond acceptors (Lipinski definition) is 5. The average molecular weight is 302 g/mol. The van der Waals surface area contributed by atoms with Gasteiger partial charge in [0.15, 0.2) is 17.4 Å². The van der Waals surface area contributed by atoms with E-state index in [2.05, 4.69) is 21.8 Å². The fourth-order valence-electron chi connectivity index (χ4n) is 2.72. The molecule has 0 amide bonds. The number of aromatic nitrogens is 2. The highest BCUT2D eigenvalue weighted by Gasteiger charge is 2.22. The molecule has 2 N–H and O–H groups in total. The summed E-state index contributed by atoms with van der Waals surface area (Å²) in [7, 11) is 0. The Balaban J connectivity index is 1.87. The summed E-state index contributed by atoms with van der Waals surface area (Å²) in [6, 6.07) is 6.18. The van der Waals surface area contributed by atoms with E-state index in [-0.39, 0.29) is 11.6 Å². The van der Waals surface area contributed by atoms with Crippen LogP contribution in [0.4, 0.5) is 15.9 Å². The Morgan fingerprint density at radius 1 is 1.32 bits per heavy atom. The lowest BCUT2D eigenvalue weighted by atomic mass is 10.0. The van der Waals surface area contributed by atoms with Crippen LogP contribution < -0.4 is 15.4 Å². The van der Waals surface area contributed by atoms with Crippen molar-refractivity contribution in [1.82, 2.24) is 9.97 Å². The molecule has 2 aromatic rings. The molecule has 1 fully saturated rings. The van der Waals surface area contributed by atoms with Gasteiger partial charge in [-0.15, -0.1) is 0 Å². The van der Waals surface area contributed by atoms with Crippen molar-refractivity contribution in [3.05, 3.63) is 36.4 Å². The number of nitrogen functional groups attached to an aromatic ring is 1.